The molecule has 7 nitrogen and oxygen atoms in total. The van der Waals surface area contributed by atoms with E-state index in [-0.39, 0.29) is 10.7 Å². The molecule has 0 unspecified atom stereocenters. The molecule has 13 heavy (non-hydrogen) atoms. The Kier molecular flexibility index (Phi) is 2.47. The van der Waals surface area contributed by atoms with E-state index < -0.39 is 10.0 Å². The van der Waals surface area contributed by atoms with Gasteiger partial charge in [-0.25, -0.2) is 13.6 Å². The summed E-state index contributed by atoms with van der Waals surface area (Å²) >= 11 is 0. The lowest BCUT2D eigenvalue weighted by Gasteiger charge is -1.95. The summed E-state index contributed by atoms with van der Waals surface area (Å²) in [7, 11) is -3.73. The number of hydrogen-bond donors (Lipinski definition) is 1. The Morgan fingerprint density at radius 2 is 2.23 bits per heavy atom. The van der Waals surface area contributed by atoms with E-state index in [9.17, 15) is 8.42 Å². The summed E-state index contributed by atoms with van der Waals surface area (Å²) in [6.07, 6.45) is 1.03. The van der Waals surface area contributed by atoms with Crippen molar-refractivity contribution in [3.05, 3.63) is 28.8 Å². The van der Waals surface area contributed by atoms with Crippen LogP contribution in [-0.4, -0.2) is 13.4 Å². The van der Waals surface area contributed by atoms with Crippen LogP contribution in [0.15, 0.2) is 28.3 Å². The summed E-state index contributed by atoms with van der Waals surface area (Å²) in [5, 5.41) is 7.97. The van der Waals surface area contributed by atoms with E-state index in [4.69, 9.17) is 10.7 Å². The van der Waals surface area contributed by atoms with Crippen LogP contribution < -0.4 is 5.14 Å². The van der Waals surface area contributed by atoms with Gasteiger partial charge in [-0.05, 0) is 22.8 Å². The zero-order valence-electron chi connectivity index (χ0n) is 6.32. The van der Waals surface area contributed by atoms with Crippen molar-refractivity contribution in [1.29, 1.82) is 0 Å². The predicted octanol–water partition coefficient (Wildman–Crippen LogP) is 0.671. The molecular formula is C5H5N5O2S. The van der Waals surface area contributed by atoms with E-state index >= 15 is 0 Å². The van der Waals surface area contributed by atoms with Crippen LogP contribution in [0, 0.1) is 0 Å². The molecule has 0 amide bonds. The number of hydrogen-bond acceptors (Lipinski definition) is 4. The molecule has 1 aromatic rings. The van der Waals surface area contributed by atoms with Crippen molar-refractivity contribution < 1.29 is 8.42 Å². The Morgan fingerprint density at radius 3 is 2.62 bits per heavy atom. The Bertz CT molecular complexity index is 444. The second kappa shape index (κ2) is 3.40. The highest BCUT2D eigenvalue weighted by Crippen LogP contribution is 2.10. The molecule has 1 heterocycles. The second-order valence-corrected chi connectivity index (χ2v) is 3.65. The van der Waals surface area contributed by atoms with Gasteiger partial charge in [0.15, 0.2) is 0 Å². The summed E-state index contributed by atoms with van der Waals surface area (Å²) in [5.41, 5.74) is 8.02. The highest BCUT2D eigenvalue weighted by Gasteiger charge is 2.06. The van der Waals surface area contributed by atoms with Crippen molar-refractivity contribution >= 4 is 15.8 Å². The average molecular weight is 199 g/mol. The highest BCUT2D eigenvalue weighted by molar-refractivity contribution is 7.89. The molecule has 8 heteroatoms. The van der Waals surface area contributed by atoms with E-state index in [0.717, 1.165) is 6.20 Å². The predicted molar refractivity (Wildman–Crippen MR) is 44.4 cm³/mol. The minimum Gasteiger partial charge on any atom is -0.253 e. The second-order valence-electron chi connectivity index (χ2n) is 2.09. The Labute approximate surface area is 73.9 Å². The standard InChI is InChI=1S/C5H5N5O2S/c6-10-9-5-2-1-4(3-8-5)13(7,11)12/h1-3H,(H2,7,11,12). The van der Waals surface area contributed by atoms with Gasteiger partial charge in [0, 0.05) is 11.1 Å². The molecule has 0 fully saturated rings. The first-order chi connectivity index (χ1) is 6.04. The minimum atomic E-state index is -3.73. The first kappa shape index (κ1) is 9.46. The van der Waals surface area contributed by atoms with Crippen LogP contribution in [0.25, 0.3) is 10.4 Å². The molecule has 0 spiro atoms. The summed E-state index contributed by atoms with van der Waals surface area (Å²) in [5.74, 6) is 0.0925. The molecule has 0 aliphatic heterocycles. The first-order valence-corrected chi connectivity index (χ1v) is 4.62. The molecule has 0 aromatic carbocycles. The normalized spacial score (nSPS) is 10.5. The SMILES string of the molecule is [N-]=[N+]=Nc1ccc(S(N)(=O)=O)cn1. The van der Waals surface area contributed by atoms with Gasteiger partial charge in [0.05, 0.1) is 0 Å². The summed E-state index contributed by atoms with van der Waals surface area (Å²) < 4.78 is 21.5. The lowest BCUT2D eigenvalue weighted by atomic mass is 10.5. The smallest absolute Gasteiger partial charge is 0.239 e. The van der Waals surface area contributed by atoms with E-state index in [1.807, 2.05) is 0 Å². The molecule has 68 valence electrons. The number of aromatic nitrogens is 1. The fraction of sp³-hybridized carbons (Fsp3) is 0. The zero-order chi connectivity index (χ0) is 9.90. The Balaban J connectivity index is 3.15. The number of nitrogens with zero attached hydrogens (tertiary/aromatic N) is 4. The highest BCUT2D eigenvalue weighted by atomic mass is 32.2. The summed E-state index contributed by atoms with van der Waals surface area (Å²) in [6, 6.07) is 2.48. The van der Waals surface area contributed by atoms with Crippen molar-refractivity contribution in [3.63, 3.8) is 0 Å². The van der Waals surface area contributed by atoms with Crippen molar-refractivity contribution in [1.82, 2.24) is 4.98 Å². The van der Waals surface area contributed by atoms with Gasteiger partial charge < -0.3 is 0 Å². The molecule has 1 rings (SSSR count). The fourth-order valence-corrected chi connectivity index (χ4v) is 1.10. The van der Waals surface area contributed by atoms with E-state index in [2.05, 4.69) is 15.0 Å². The molecule has 2 N–H and O–H groups in total. The number of pyridine rings is 1. The third-order valence-electron chi connectivity index (χ3n) is 1.20. The molecule has 0 bridgehead atoms. The van der Waals surface area contributed by atoms with Crippen molar-refractivity contribution in [2.75, 3.05) is 0 Å². The third-order valence-corrected chi connectivity index (χ3v) is 2.09. The molecule has 0 radical (unpaired) electrons. The number of sulfonamides is 1. The average Bonchev–Trinajstić information content (AvgIpc) is 2.04. The minimum absolute atomic E-state index is 0.0925. The van der Waals surface area contributed by atoms with Gasteiger partial charge in [0.25, 0.3) is 0 Å². The van der Waals surface area contributed by atoms with E-state index in [1.165, 1.54) is 12.1 Å². The first-order valence-electron chi connectivity index (χ1n) is 3.08. The molecule has 0 aliphatic carbocycles. The lowest BCUT2D eigenvalue weighted by Crippen LogP contribution is -2.11. The summed E-state index contributed by atoms with van der Waals surface area (Å²) in [4.78, 5) is 5.91. The maximum atomic E-state index is 10.7. The molecule has 0 aliphatic rings. The van der Waals surface area contributed by atoms with Gasteiger partial charge in [-0.2, -0.15) is 0 Å². The van der Waals surface area contributed by atoms with Gasteiger partial charge in [-0.15, -0.1) is 0 Å². The van der Waals surface area contributed by atoms with Crippen LogP contribution in [0.1, 0.15) is 0 Å². The van der Waals surface area contributed by atoms with Crippen LogP contribution in [-0.2, 0) is 10.0 Å². The Morgan fingerprint density at radius 1 is 1.54 bits per heavy atom. The van der Waals surface area contributed by atoms with Gasteiger partial charge >= 0.3 is 0 Å². The molecule has 0 saturated heterocycles. The van der Waals surface area contributed by atoms with Crippen molar-refractivity contribution in [2.45, 2.75) is 4.90 Å². The van der Waals surface area contributed by atoms with Crippen molar-refractivity contribution in [2.24, 2.45) is 10.3 Å². The topological polar surface area (TPSA) is 122 Å². The number of rotatable bonds is 2. The fourth-order valence-electron chi connectivity index (χ4n) is 0.646. The third kappa shape index (κ3) is 2.41. The molecule has 1 aromatic heterocycles. The van der Waals surface area contributed by atoms with Crippen molar-refractivity contribution in [3.8, 4) is 0 Å². The largest absolute Gasteiger partial charge is 0.253 e. The van der Waals surface area contributed by atoms with E-state index in [0.29, 0.717) is 0 Å². The lowest BCUT2D eigenvalue weighted by molar-refractivity contribution is 0.597. The maximum absolute atomic E-state index is 10.7. The van der Waals surface area contributed by atoms with Gasteiger partial charge in [0.2, 0.25) is 10.0 Å². The number of primary sulfonamides is 1. The van der Waals surface area contributed by atoms with Crippen LogP contribution in [0.4, 0.5) is 5.82 Å². The number of nitrogens with two attached hydrogens (primary N) is 1. The van der Waals surface area contributed by atoms with Crippen LogP contribution >= 0.6 is 0 Å². The van der Waals surface area contributed by atoms with Crippen LogP contribution in [0.2, 0.25) is 0 Å². The molecule has 0 atom stereocenters. The monoisotopic (exact) mass is 199 g/mol. The molecule has 0 saturated carbocycles. The quantitative estimate of drug-likeness (QED) is 0.427. The van der Waals surface area contributed by atoms with Gasteiger partial charge in [0.1, 0.15) is 10.7 Å². The van der Waals surface area contributed by atoms with Gasteiger partial charge in [-0.3, -0.25) is 4.98 Å². The maximum Gasteiger partial charge on any atom is 0.239 e. The van der Waals surface area contributed by atoms with E-state index in [1.54, 1.807) is 0 Å². The van der Waals surface area contributed by atoms with Gasteiger partial charge in [-0.1, -0.05) is 0 Å². The zero-order valence-corrected chi connectivity index (χ0v) is 7.14. The number of azide groups is 1. The van der Waals surface area contributed by atoms with Crippen LogP contribution in [0.5, 0.6) is 0 Å². The Hall–Kier alpha value is -1.63. The molecular weight excluding hydrogens is 194 g/mol. The van der Waals surface area contributed by atoms with Crippen LogP contribution in [0.3, 0.4) is 0 Å². The summed E-state index contributed by atoms with van der Waals surface area (Å²) in [6.45, 7) is 0.